The Kier molecular flexibility index (Phi) is 5.32. The summed E-state index contributed by atoms with van der Waals surface area (Å²) in [5.41, 5.74) is 4.46. The van der Waals surface area contributed by atoms with Gasteiger partial charge in [-0.15, -0.1) is 0 Å². The summed E-state index contributed by atoms with van der Waals surface area (Å²) in [5, 5.41) is 0. The highest BCUT2D eigenvalue weighted by Crippen LogP contribution is 2.31. The summed E-state index contributed by atoms with van der Waals surface area (Å²) in [6.07, 6.45) is 0. The fraction of sp³-hybridized carbons (Fsp3) is 0.0769. The predicted octanol–water partition coefficient (Wildman–Crippen LogP) is 5.19. The SMILES string of the molecule is COc1ccc(-n2c(=O)n(C)c(=S)c3nc(-c4ccccc4)c(-c4ccccc4)nc32)cc1. The van der Waals surface area contributed by atoms with Crippen molar-refractivity contribution in [1.29, 1.82) is 0 Å². The van der Waals surface area contributed by atoms with Crippen molar-refractivity contribution >= 4 is 23.4 Å². The van der Waals surface area contributed by atoms with Gasteiger partial charge in [0.05, 0.1) is 24.2 Å². The minimum atomic E-state index is -0.293. The second-order valence-electron chi connectivity index (χ2n) is 7.51. The molecule has 0 unspecified atom stereocenters. The number of hydrogen-bond donors (Lipinski definition) is 0. The lowest BCUT2D eigenvalue weighted by Gasteiger charge is -2.16. The van der Waals surface area contributed by atoms with Crippen molar-refractivity contribution in [2.24, 2.45) is 7.05 Å². The number of hydrogen-bond acceptors (Lipinski definition) is 5. The smallest absolute Gasteiger partial charge is 0.335 e. The van der Waals surface area contributed by atoms with E-state index in [1.165, 1.54) is 4.57 Å². The highest BCUT2D eigenvalue weighted by molar-refractivity contribution is 7.71. The number of aromatic nitrogens is 4. The molecule has 6 nitrogen and oxygen atoms in total. The van der Waals surface area contributed by atoms with Crippen LogP contribution in [-0.2, 0) is 7.05 Å². The van der Waals surface area contributed by atoms with E-state index in [1.807, 2.05) is 72.8 Å². The van der Waals surface area contributed by atoms with Gasteiger partial charge in [-0.2, -0.15) is 0 Å². The van der Waals surface area contributed by atoms with Crippen molar-refractivity contribution < 1.29 is 4.74 Å². The molecular weight excluding hydrogens is 432 g/mol. The van der Waals surface area contributed by atoms with E-state index in [0.717, 1.165) is 11.1 Å². The zero-order valence-corrected chi connectivity index (χ0v) is 18.9. The third-order valence-corrected chi connectivity index (χ3v) is 5.97. The average Bonchev–Trinajstić information content (AvgIpc) is 2.88. The molecule has 0 saturated heterocycles. The Hall–Kier alpha value is -4.10. The predicted molar refractivity (Wildman–Crippen MR) is 132 cm³/mol. The van der Waals surface area contributed by atoms with Crippen molar-refractivity contribution in [1.82, 2.24) is 19.1 Å². The topological polar surface area (TPSA) is 61.9 Å². The molecule has 0 aliphatic heterocycles. The summed E-state index contributed by atoms with van der Waals surface area (Å²) in [7, 11) is 3.25. The average molecular weight is 453 g/mol. The molecule has 2 aromatic heterocycles. The van der Waals surface area contributed by atoms with Crippen LogP contribution in [0.3, 0.4) is 0 Å². The summed E-state index contributed by atoms with van der Waals surface area (Å²) in [6, 6.07) is 26.9. The lowest BCUT2D eigenvalue weighted by Crippen LogP contribution is -2.29. The quantitative estimate of drug-likeness (QED) is 0.351. The van der Waals surface area contributed by atoms with Crippen molar-refractivity contribution in [2.75, 3.05) is 7.11 Å². The second-order valence-corrected chi connectivity index (χ2v) is 7.89. The van der Waals surface area contributed by atoms with Gasteiger partial charge in [0.25, 0.3) is 0 Å². The van der Waals surface area contributed by atoms with Gasteiger partial charge in [-0.25, -0.2) is 19.3 Å². The van der Waals surface area contributed by atoms with E-state index in [0.29, 0.717) is 38.6 Å². The normalized spacial score (nSPS) is 11.0. The third kappa shape index (κ3) is 3.62. The Labute approximate surface area is 195 Å². The van der Waals surface area contributed by atoms with E-state index >= 15 is 0 Å². The Morgan fingerprint density at radius 2 is 1.33 bits per heavy atom. The summed E-state index contributed by atoms with van der Waals surface area (Å²) >= 11 is 5.63. The molecule has 7 heteroatoms. The fourth-order valence-electron chi connectivity index (χ4n) is 3.77. The van der Waals surface area contributed by atoms with Gasteiger partial charge in [-0.3, -0.25) is 4.57 Å². The van der Waals surface area contributed by atoms with Crippen molar-refractivity contribution in [3.05, 3.63) is 100 Å². The molecule has 0 radical (unpaired) electrons. The molecule has 0 aliphatic carbocycles. The molecule has 0 fully saturated rings. The maximum Gasteiger partial charge on any atom is 0.335 e. The number of methoxy groups -OCH3 is 1. The molecule has 0 spiro atoms. The number of benzene rings is 3. The molecule has 2 heterocycles. The Bertz CT molecular complexity index is 1580. The minimum absolute atomic E-state index is 0.293. The lowest BCUT2D eigenvalue weighted by atomic mass is 10.0. The van der Waals surface area contributed by atoms with E-state index in [-0.39, 0.29) is 5.69 Å². The van der Waals surface area contributed by atoms with Crippen LogP contribution in [0, 0.1) is 4.64 Å². The van der Waals surface area contributed by atoms with E-state index in [9.17, 15) is 4.79 Å². The monoisotopic (exact) mass is 452 g/mol. The first-order valence-corrected chi connectivity index (χ1v) is 10.8. The Morgan fingerprint density at radius 1 is 0.788 bits per heavy atom. The van der Waals surface area contributed by atoms with Crippen molar-refractivity contribution in [2.45, 2.75) is 0 Å². The first-order valence-electron chi connectivity index (χ1n) is 10.4. The molecule has 0 aliphatic rings. The van der Waals surface area contributed by atoms with Gasteiger partial charge in [0.15, 0.2) is 5.65 Å². The standard InChI is InChI=1S/C26H20N4O2S/c1-29-25(33)23-24(30(26(29)31)19-13-15-20(32-2)16-14-19)28-22(18-11-7-4-8-12-18)21(27-23)17-9-5-3-6-10-17/h3-16H,1-2H3. The Morgan fingerprint density at radius 3 is 1.88 bits per heavy atom. The van der Waals surface area contributed by atoms with Crippen LogP contribution >= 0.6 is 12.2 Å². The number of rotatable bonds is 4. The molecule has 0 atom stereocenters. The van der Waals surface area contributed by atoms with Crippen LogP contribution in [0.4, 0.5) is 0 Å². The van der Waals surface area contributed by atoms with E-state index in [4.69, 9.17) is 26.9 Å². The maximum atomic E-state index is 13.3. The van der Waals surface area contributed by atoms with Crippen LogP contribution < -0.4 is 10.4 Å². The second kappa shape index (κ2) is 8.44. The molecule has 0 bridgehead atoms. The maximum absolute atomic E-state index is 13.3. The zero-order chi connectivity index (χ0) is 22.9. The van der Waals surface area contributed by atoms with Crippen LogP contribution in [0.5, 0.6) is 5.75 Å². The highest BCUT2D eigenvalue weighted by Gasteiger charge is 2.19. The van der Waals surface area contributed by atoms with Crippen LogP contribution in [0.1, 0.15) is 0 Å². The Balaban J connectivity index is 1.91. The van der Waals surface area contributed by atoms with Gasteiger partial charge in [-0.1, -0.05) is 72.9 Å². The van der Waals surface area contributed by atoms with Crippen LogP contribution in [0.15, 0.2) is 89.7 Å². The number of nitrogens with zero attached hydrogens (tertiary/aromatic N) is 4. The minimum Gasteiger partial charge on any atom is -0.497 e. The van der Waals surface area contributed by atoms with Gasteiger partial charge < -0.3 is 4.74 Å². The van der Waals surface area contributed by atoms with Gasteiger partial charge in [0, 0.05) is 18.2 Å². The van der Waals surface area contributed by atoms with E-state index in [2.05, 4.69) is 0 Å². The molecule has 0 saturated carbocycles. The first kappa shape index (κ1) is 20.8. The van der Waals surface area contributed by atoms with Crippen molar-refractivity contribution in [3.8, 4) is 34.0 Å². The van der Waals surface area contributed by atoms with E-state index in [1.54, 1.807) is 30.9 Å². The molecule has 3 aromatic carbocycles. The molecule has 5 aromatic rings. The zero-order valence-electron chi connectivity index (χ0n) is 18.1. The summed E-state index contributed by atoms with van der Waals surface area (Å²) in [5.74, 6) is 0.697. The van der Waals surface area contributed by atoms with Gasteiger partial charge in [-0.05, 0) is 24.3 Å². The number of ether oxygens (including phenoxy) is 1. The molecule has 0 amide bonds. The van der Waals surface area contributed by atoms with Gasteiger partial charge in [0.1, 0.15) is 15.9 Å². The van der Waals surface area contributed by atoms with Gasteiger partial charge >= 0.3 is 5.69 Å². The molecule has 162 valence electrons. The lowest BCUT2D eigenvalue weighted by molar-refractivity contribution is 0.414. The molecule has 0 N–H and O–H groups in total. The first-order chi connectivity index (χ1) is 16.1. The molecule has 33 heavy (non-hydrogen) atoms. The van der Waals surface area contributed by atoms with Crippen LogP contribution in [-0.4, -0.2) is 26.2 Å². The summed E-state index contributed by atoms with van der Waals surface area (Å²) < 4.78 is 8.57. The summed E-state index contributed by atoms with van der Waals surface area (Å²) in [4.78, 5) is 23.3. The molecular formula is C26H20N4O2S. The molecule has 5 rings (SSSR count). The largest absolute Gasteiger partial charge is 0.497 e. The fourth-order valence-corrected chi connectivity index (χ4v) is 3.99. The number of fused-ring (bicyclic) bond motifs is 1. The highest BCUT2D eigenvalue weighted by atomic mass is 32.1. The summed E-state index contributed by atoms with van der Waals surface area (Å²) in [6.45, 7) is 0. The third-order valence-electron chi connectivity index (χ3n) is 5.50. The van der Waals surface area contributed by atoms with Crippen LogP contribution in [0.25, 0.3) is 39.4 Å². The van der Waals surface area contributed by atoms with Gasteiger partial charge in [0.2, 0.25) is 0 Å². The van der Waals surface area contributed by atoms with Crippen LogP contribution in [0.2, 0.25) is 0 Å². The van der Waals surface area contributed by atoms with Crippen molar-refractivity contribution in [3.63, 3.8) is 0 Å². The van der Waals surface area contributed by atoms with E-state index < -0.39 is 0 Å².